The van der Waals surface area contributed by atoms with Crippen LogP contribution in [0.4, 0.5) is 5.69 Å². The molecule has 5 heteroatoms. The van der Waals surface area contributed by atoms with Crippen molar-refractivity contribution in [2.24, 2.45) is 0 Å². The van der Waals surface area contributed by atoms with Crippen molar-refractivity contribution in [3.63, 3.8) is 0 Å². The van der Waals surface area contributed by atoms with Crippen LogP contribution in [0.1, 0.15) is 84.5 Å². The van der Waals surface area contributed by atoms with Gasteiger partial charge >= 0.3 is 5.95 Å². The number of nitrogens with one attached hydrogen (secondary N) is 1. The van der Waals surface area contributed by atoms with Crippen LogP contribution in [-0.4, -0.2) is 5.91 Å². The number of benzene rings is 2. The maximum Gasteiger partial charge on any atom is 0.305 e. The number of ether oxygens (including phenoxy) is 1. The monoisotopic (exact) mass is 523 g/mol. The third kappa shape index (κ3) is 4.55. The lowest BCUT2D eigenvalue weighted by Gasteiger charge is -2.42. The molecular formula is C29H34BrNO3. The van der Waals surface area contributed by atoms with E-state index in [2.05, 4.69) is 80.1 Å². The fourth-order valence-corrected chi connectivity index (χ4v) is 5.37. The lowest BCUT2D eigenvalue weighted by molar-refractivity contribution is 0.0991. The summed E-state index contributed by atoms with van der Waals surface area (Å²) in [6, 6.07) is 10.2. The van der Waals surface area contributed by atoms with Crippen molar-refractivity contribution in [1.82, 2.24) is 0 Å². The molecule has 1 aromatic heterocycles. The molecule has 4 nitrogen and oxygen atoms in total. The summed E-state index contributed by atoms with van der Waals surface area (Å²) in [6.07, 6.45) is 2.29. The zero-order valence-corrected chi connectivity index (χ0v) is 23.0. The molecule has 0 atom stereocenters. The van der Waals surface area contributed by atoms with Crippen LogP contribution in [0.3, 0.4) is 0 Å². The van der Waals surface area contributed by atoms with Gasteiger partial charge < -0.3 is 14.5 Å². The number of rotatable bonds is 4. The number of carbonyl (C=O) groups excluding carboxylic acids is 1. The zero-order valence-electron chi connectivity index (χ0n) is 21.4. The number of furan rings is 1. The molecule has 1 aliphatic carbocycles. The van der Waals surface area contributed by atoms with Crippen LogP contribution in [0.2, 0.25) is 0 Å². The smallest absolute Gasteiger partial charge is 0.305 e. The van der Waals surface area contributed by atoms with Gasteiger partial charge in [0.05, 0.1) is 0 Å². The molecule has 34 heavy (non-hydrogen) atoms. The SMILES string of the molecule is Cc1cc(C)c(NC(=O)c2cc(Br)c(Oc3cc4c(cc3C)C(C)(C)CCC4(C)C)o2)c(C)c1. The Balaban J connectivity index is 1.62. The largest absolute Gasteiger partial charge is 0.425 e. The second kappa shape index (κ2) is 8.60. The van der Waals surface area contributed by atoms with Gasteiger partial charge in [-0.3, -0.25) is 4.79 Å². The Kier molecular flexibility index (Phi) is 6.22. The molecule has 180 valence electrons. The van der Waals surface area contributed by atoms with Crippen molar-refractivity contribution in [3.05, 3.63) is 73.9 Å². The summed E-state index contributed by atoms with van der Waals surface area (Å²) in [7, 11) is 0. The predicted octanol–water partition coefficient (Wildman–Crippen LogP) is 8.67. The molecule has 0 aliphatic heterocycles. The van der Waals surface area contributed by atoms with Gasteiger partial charge in [-0.15, -0.1) is 0 Å². The number of halogens is 1. The number of aryl methyl sites for hydroxylation is 4. The highest BCUT2D eigenvalue weighted by Gasteiger charge is 2.37. The molecule has 0 saturated carbocycles. The van der Waals surface area contributed by atoms with E-state index in [0.717, 1.165) is 46.5 Å². The second-order valence-corrected chi connectivity index (χ2v) is 11.9. The Labute approximate surface area is 211 Å². The number of amides is 1. The molecular weight excluding hydrogens is 490 g/mol. The van der Waals surface area contributed by atoms with E-state index in [1.807, 2.05) is 20.8 Å². The third-order valence-corrected chi connectivity index (χ3v) is 7.70. The summed E-state index contributed by atoms with van der Waals surface area (Å²) in [6.45, 7) is 17.3. The van der Waals surface area contributed by atoms with Crippen LogP contribution in [-0.2, 0) is 10.8 Å². The van der Waals surface area contributed by atoms with E-state index in [1.165, 1.54) is 11.1 Å². The first-order valence-corrected chi connectivity index (χ1v) is 12.6. The lowest BCUT2D eigenvalue weighted by atomic mass is 9.63. The van der Waals surface area contributed by atoms with E-state index in [1.54, 1.807) is 6.07 Å². The Bertz CT molecular complexity index is 1260. The minimum absolute atomic E-state index is 0.0753. The zero-order chi connectivity index (χ0) is 25.0. The fraction of sp³-hybridized carbons (Fsp3) is 0.414. The highest BCUT2D eigenvalue weighted by molar-refractivity contribution is 9.10. The summed E-state index contributed by atoms with van der Waals surface area (Å²) in [5, 5.41) is 2.99. The molecule has 1 amide bonds. The molecule has 0 unspecified atom stereocenters. The standard InChI is InChI=1S/C29H34BrNO3/c1-16-11-18(3)25(19(4)12-16)31-26(32)24-15-22(30)27(34-24)33-23-14-21-20(13-17(23)2)28(5,6)9-10-29(21,7)8/h11-15H,9-10H2,1-8H3,(H,31,32). The molecule has 0 fully saturated rings. The van der Waals surface area contributed by atoms with Gasteiger partial charge in [0.1, 0.15) is 10.2 Å². The van der Waals surface area contributed by atoms with E-state index in [-0.39, 0.29) is 28.4 Å². The molecule has 0 spiro atoms. The number of fused-ring (bicyclic) bond motifs is 1. The van der Waals surface area contributed by atoms with Crippen molar-refractivity contribution in [3.8, 4) is 11.7 Å². The summed E-state index contributed by atoms with van der Waals surface area (Å²) in [5.41, 5.74) is 7.96. The van der Waals surface area contributed by atoms with Crippen LogP contribution in [0, 0.1) is 27.7 Å². The van der Waals surface area contributed by atoms with E-state index in [4.69, 9.17) is 9.15 Å². The van der Waals surface area contributed by atoms with Crippen LogP contribution < -0.4 is 10.1 Å². The molecule has 1 heterocycles. The number of anilines is 1. The lowest BCUT2D eigenvalue weighted by Crippen LogP contribution is -2.33. The average Bonchev–Trinajstić information content (AvgIpc) is 3.10. The first kappa shape index (κ1) is 24.6. The van der Waals surface area contributed by atoms with Crippen LogP contribution >= 0.6 is 15.9 Å². The summed E-state index contributed by atoms with van der Waals surface area (Å²) in [5.74, 6) is 0.907. The normalized spacial score (nSPS) is 16.1. The average molecular weight is 524 g/mol. The van der Waals surface area contributed by atoms with Crippen molar-refractivity contribution in [2.45, 2.75) is 79.1 Å². The molecule has 3 aromatic rings. The Morgan fingerprint density at radius 2 is 1.44 bits per heavy atom. The molecule has 1 aliphatic rings. The Hall–Kier alpha value is -2.53. The summed E-state index contributed by atoms with van der Waals surface area (Å²) >= 11 is 3.51. The topological polar surface area (TPSA) is 51.5 Å². The summed E-state index contributed by atoms with van der Waals surface area (Å²) in [4.78, 5) is 13.0. The van der Waals surface area contributed by atoms with Crippen molar-refractivity contribution < 1.29 is 13.9 Å². The van der Waals surface area contributed by atoms with E-state index in [0.29, 0.717) is 4.47 Å². The minimum atomic E-state index is -0.310. The quantitative estimate of drug-likeness (QED) is 0.372. The van der Waals surface area contributed by atoms with Gasteiger partial charge in [-0.2, -0.15) is 0 Å². The Morgan fingerprint density at radius 1 is 0.882 bits per heavy atom. The first-order chi connectivity index (χ1) is 15.8. The molecule has 1 N–H and O–H groups in total. The molecule has 2 aromatic carbocycles. The van der Waals surface area contributed by atoms with Crippen LogP contribution in [0.25, 0.3) is 0 Å². The van der Waals surface area contributed by atoms with Gasteiger partial charge in [-0.25, -0.2) is 0 Å². The fourth-order valence-electron chi connectivity index (χ4n) is 5.00. The van der Waals surface area contributed by atoms with Gasteiger partial charge in [0.2, 0.25) is 0 Å². The highest BCUT2D eigenvalue weighted by Crippen LogP contribution is 2.48. The maximum absolute atomic E-state index is 13.0. The second-order valence-electron chi connectivity index (χ2n) is 11.0. The van der Waals surface area contributed by atoms with Gasteiger partial charge in [-0.1, -0.05) is 51.5 Å². The Morgan fingerprint density at radius 3 is 2.03 bits per heavy atom. The number of hydrogen-bond donors (Lipinski definition) is 1. The molecule has 0 saturated heterocycles. The van der Waals surface area contributed by atoms with Gasteiger partial charge in [-0.05, 0) is 101 Å². The van der Waals surface area contributed by atoms with Gasteiger partial charge in [0.15, 0.2) is 5.76 Å². The highest BCUT2D eigenvalue weighted by atomic mass is 79.9. The van der Waals surface area contributed by atoms with E-state index >= 15 is 0 Å². The van der Waals surface area contributed by atoms with E-state index < -0.39 is 0 Å². The minimum Gasteiger partial charge on any atom is -0.425 e. The predicted molar refractivity (Wildman–Crippen MR) is 142 cm³/mol. The van der Waals surface area contributed by atoms with Gasteiger partial charge in [0.25, 0.3) is 5.91 Å². The molecule has 0 bridgehead atoms. The molecule has 4 rings (SSSR count). The first-order valence-electron chi connectivity index (χ1n) is 11.8. The van der Waals surface area contributed by atoms with Crippen LogP contribution in [0.5, 0.6) is 11.7 Å². The summed E-state index contributed by atoms with van der Waals surface area (Å²) < 4.78 is 12.7. The van der Waals surface area contributed by atoms with Crippen molar-refractivity contribution in [2.75, 3.05) is 5.32 Å². The number of carbonyl (C=O) groups is 1. The maximum atomic E-state index is 13.0. The van der Waals surface area contributed by atoms with Crippen molar-refractivity contribution >= 4 is 27.5 Å². The van der Waals surface area contributed by atoms with Gasteiger partial charge in [0, 0.05) is 11.8 Å². The van der Waals surface area contributed by atoms with E-state index in [9.17, 15) is 4.79 Å². The molecule has 0 radical (unpaired) electrons. The number of hydrogen-bond acceptors (Lipinski definition) is 3. The third-order valence-electron chi connectivity index (χ3n) is 7.15. The van der Waals surface area contributed by atoms with Crippen LogP contribution in [0.15, 0.2) is 39.2 Å². The van der Waals surface area contributed by atoms with Crippen molar-refractivity contribution in [1.29, 1.82) is 0 Å².